The second kappa shape index (κ2) is 4.89. The van der Waals surface area contributed by atoms with Gasteiger partial charge in [-0.1, -0.05) is 0 Å². The summed E-state index contributed by atoms with van der Waals surface area (Å²) >= 11 is 0. The van der Waals surface area contributed by atoms with E-state index in [1.54, 1.807) is 24.5 Å². The lowest BCUT2D eigenvalue weighted by Gasteiger charge is -2.39. The molecule has 0 aromatic carbocycles. The van der Waals surface area contributed by atoms with Crippen LogP contribution in [0.4, 0.5) is 0 Å². The van der Waals surface area contributed by atoms with Crippen LogP contribution in [0.25, 0.3) is 0 Å². The van der Waals surface area contributed by atoms with Crippen LogP contribution in [0.2, 0.25) is 0 Å². The summed E-state index contributed by atoms with van der Waals surface area (Å²) in [4.78, 5) is 27.1. The molecule has 2 unspecified atom stereocenters. The molecule has 0 aliphatic heterocycles. The second-order valence-corrected chi connectivity index (χ2v) is 6.05. The Morgan fingerprint density at radius 3 is 2.80 bits per heavy atom. The van der Waals surface area contributed by atoms with Gasteiger partial charge in [-0.3, -0.25) is 14.6 Å². The Balaban J connectivity index is 1.74. The largest absolute Gasteiger partial charge is 0.353 e. The van der Waals surface area contributed by atoms with Crippen molar-refractivity contribution in [1.82, 2.24) is 15.6 Å². The van der Waals surface area contributed by atoms with Crippen LogP contribution in [0.15, 0.2) is 24.5 Å². The number of carbonyl (C=O) groups excluding carboxylic acids is 2. The smallest absolute Gasteiger partial charge is 0.253 e. The van der Waals surface area contributed by atoms with Gasteiger partial charge in [0.1, 0.15) is 0 Å². The molecular weight excluding hydrogens is 254 g/mol. The average Bonchev–Trinajstić information content (AvgIpc) is 2.71. The molecule has 1 heterocycles. The Hall–Kier alpha value is -1.91. The Morgan fingerprint density at radius 2 is 2.05 bits per heavy atom. The zero-order valence-corrected chi connectivity index (χ0v) is 11.4. The number of fused-ring (bicyclic) bond motifs is 2. The van der Waals surface area contributed by atoms with Crippen LogP contribution >= 0.6 is 0 Å². The molecule has 106 valence electrons. The topological polar surface area (TPSA) is 71.1 Å². The Labute approximate surface area is 118 Å². The second-order valence-electron chi connectivity index (χ2n) is 6.05. The molecule has 0 saturated heterocycles. The quantitative estimate of drug-likeness (QED) is 0.815. The predicted octanol–water partition coefficient (Wildman–Crippen LogP) is 1.40. The standard InChI is InChI=1S/C15H19N3O2/c19-11-17-14-4-2-5-15(10-14,7-6-14)18-13(20)12-3-1-8-16-9-12/h1,3,8-9,11H,2,4-7,10H2,(H,17,19)(H,18,20). The zero-order chi connectivity index (χ0) is 14.1. The summed E-state index contributed by atoms with van der Waals surface area (Å²) in [5, 5.41) is 6.17. The number of carbonyl (C=O) groups is 2. The maximum absolute atomic E-state index is 12.3. The fraction of sp³-hybridized carbons (Fsp3) is 0.533. The van der Waals surface area contributed by atoms with E-state index in [0.29, 0.717) is 5.56 Å². The highest BCUT2D eigenvalue weighted by molar-refractivity contribution is 5.94. The third-order valence-electron chi connectivity index (χ3n) is 4.74. The maximum Gasteiger partial charge on any atom is 0.253 e. The van der Waals surface area contributed by atoms with Crippen molar-refractivity contribution in [3.8, 4) is 0 Å². The molecule has 2 amide bonds. The monoisotopic (exact) mass is 273 g/mol. The fourth-order valence-electron chi connectivity index (χ4n) is 3.79. The van der Waals surface area contributed by atoms with Gasteiger partial charge in [-0.2, -0.15) is 0 Å². The van der Waals surface area contributed by atoms with E-state index in [4.69, 9.17) is 0 Å². The molecule has 2 aliphatic rings. The molecule has 2 atom stereocenters. The third kappa shape index (κ3) is 2.28. The number of rotatable bonds is 4. The van der Waals surface area contributed by atoms with Gasteiger partial charge in [0.2, 0.25) is 6.41 Å². The van der Waals surface area contributed by atoms with Gasteiger partial charge in [0.05, 0.1) is 5.56 Å². The molecule has 2 N–H and O–H groups in total. The maximum atomic E-state index is 12.3. The minimum atomic E-state index is -0.165. The summed E-state index contributed by atoms with van der Waals surface area (Å²) in [7, 11) is 0. The van der Waals surface area contributed by atoms with Gasteiger partial charge >= 0.3 is 0 Å². The molecule has 2 fully saturated rings. The highest BCUT2D eigenvalue weighted by Gasteiger charge is 2.51. The fourth-order valence-corrected chi connectivity index (χ4v) is 3.79. The first-order chi connectivity index (χ1) is 9.67. The minimum absolute atomic E-state index is 0.0677. The van der Waals surface area contributed by atoms with E-state index in [0.717, 1.165) is 44.9 Å². The number of hydrogen-bond acceptors (Lipinski definition) is 3. The van der Waals surface area contributed by atoms with E-state index < -0.39 is 0 Å². The average molecular weight is 273 g/mol. The van der Waals surface area contributed by atoms with Crippen molar-refractivity contribution < 1.29 is 9.59 Å². The summed E-state index contributed by atoms with van der Waals surface area (Å²) < 4.78 is 0. The van der Waals surface area contributed by atoms with Gasteiger partial charge in [-0.15, -0.1) is 0 Å². The van der Waals surface area contributed by atoms with Gasteiger partial charge in [0.15, 0.2) is 0 Å². The molecule has 2 bridgehead atoms. The van der Waals surface area contributed by atoms with Gasteiger partial charge in [-0.25, -0.2) is 0 Å². The number of aromatic nitrogens is 1. The third-order valence-corrected chi connectivity index (χ3v) is 4.74. The lowest BCUT2D eigenvalue weighted by atomic mass is 9.78. The van der Waals surface area contributed by atoms with Crippen LogP contribution in [0.3, 0.4) is 0 Å². The SMILES string of the molecule is O=CNC12CCCC(NC(=O)c3cccnc3)(CC1)C2. The van der Waals surface area contributed by atoms with Crippen LogP contribution in [0.1, 0.15) is 48.9 Å². The zero-order valence-electron chi connectivity index (χ0n) is 11.4. The Morgan fingerprint density at radius 1 is 1.25 bits per heavy atom. The summed E-state index contributed by atoms with van der Waals surface area (Å²) in [6, 6.07) is 3.54. The van der Waals surface area contributed by atoms with Crippen molar-refractivity contribution in [2.45, 2.75) is 49.6 Å². The molecule has 1 aromatic rings. The van der Waals surface area contributed by atoms with Crippen LogP contribution < -0.4 is 10.6 Å². The molecule has 5 heteroatoms. The molecule has 0 spiro atoms. The van der Waals surface area contributed by atoms with Crippen molar-refractivity contribution >= 4 is 12.3 Å². The number of nitrogens with zero attached hydrogens (tertiary/aromatic N) is 1. The molecule has 2 saturated carbocycles. The lowest BCUT2D eigenvalue weighted by molar-refractivity contribution is -0.111. The van der Waals surface area contributed by atoms with E-state index in [1.807, 2.05) is 0 Å². The van der Waals surface area contributed by atoms with E-state index in [9.17, 15) is 9.59 Å². The summed E-state index contributed by atoms with van der Waals surface area (Å²) in [5.41, 5.74) is 0.317. The first-order valence-corrected chi connectivity index (χ1v) is 7.11. The molecular formula is C15H19N3O2. The number of amides is 2. The van der Waals surface area contributed by atoms with Gasteiger partial charge in [-0.05, 0) is 50.7 Å². The number of hydrogen-bond donors (Lipinski definition) is 2. The molecule has 0 radical (unpaired) electrons. The minimum Gasteiger partial charge on any atom is -0.353 e. The van der Waals surface area contributed by atoms with Crippen molar-refractivity contribution in [1.29, 1.82) is 0 Å². The number of nitrogens with one attached hydrogen (secondary N) is 2. The van der Waals surface area contributed by atoms with Gasteiger partial charge < -0.3 is 10.6 Å². The molecule has 20 heavy (non-hydrogen) atoms. The molecule has 5 nitrogen and oxygen atoms in total. The van der Waals surface area contributed by atoms with E-state index in [-0.39, 0.29) is 17.0 Å². The summed E-state index contributed by atoms with van der Waals surface area (Å²) in [6.07, 6.45) is 9.78. The molecule has 1 aromatic heterocycles. The van der Waals surface area contributed by atoms with E-state index in [1.165, 1.54) is 0 Å². The van der Waals surface area contributed by atoms with Crippen molar-refractivity contribution in [2.75, 3.05) is 0 Å². The van der Waals surface area contributed by atoms with Crippen LogP contribution in [-0.4, -0.2) is 28.4 Å². The molecule has 3 rings (SSSR count). The summed E-state index contributed by atoms with van der Waals surface area (Å²) in [5.74, 6) is -0.0677. The van der Waals surface area contributed by atoms with Crippen molar-refractivity contribution in [3.05, 3.63) is 30.1 Å². The summed E-state index contributed by atoms with van der Waals surface area (Å²) in [6.45, 7) is 0. The van der Waals surface area contributed by atoms with Crippen LogP contribution in [0, 0.1) is 0 Å². The van der Waals surface area contributed by atoms with Gasteiger partial charge in [0, 0.05) is 23.5 Å². The first-order valence-electron chi connectivity index (χ1n) is 7.11. The Bertz CT molecular complexity index is 519. The molecule has 2 aliphatic carbocycles. The predicted molar refractivity (Wildman–Crippen MR) is 74.1 cm³/mol. The van der Waals surface area contributed by atoms with Crippen LogP contribution in [0.5, 0.6) is 0 Å². The van der Waals surface area contributed by atoms with Crippen molar-refractivity contribution in [2.24, 2.45) is 0 Å². The normalized spacial score (nSPS) is 31.6. The van der Waals surface area contributed by atoms with E-state index >= 15 is 0 Å². The van der Waals surface area contributed by atoms with Crippen LogP contribution in [-0.2, 0) is 4.79 Å². The van der Waals surface area contributed by atoms with E-state index in [2.05, 4.69) is 15.6 Å². The first kappa shape index (κ1) is 13.1. The highest BCUT2D eigenvalue weighted by atomic mass is 16.2. The highest BCUT2D eigenvalue weighted by Crippen LogP contribution is 2.47. The number of pyridine rings is 1. The van der Waals surface area contributed by atoms with Gasteiger partial charge in [0.25, 0.3) is 5.91 Å². The van der Waals surface area contributed by atoms with Crippen molar-refractivity contribution in [3.63, 3.8) is 0 Å². The Kier molecular flexibility index (Phi) is 3.20. The lowest BCUT2D eigenvalue weighted by Crippen LogP contribution is -2.53.